The molecule has 1 N–H and O–H groups in total. The van der Waals surface area contributed by atoms with Crippen molar-refractivity contribution in [3.8, 4) is 5.75 Å². The van der Waals surface area contributed by atoms with E-state index < -0.39 is 0 Å². The van der Waals surface area contributed by atoms with Crippen molar-refractivity contribution >= 4 is 33.7 Å². The number of hydrogen-bond donors (Lipinski definition) is 1. The van der Waals surface area contributed by atoms with Gasteiger partial charge in [0.15, 0.2) is 0 Å². The molecule has 0 spiro atoms. The van der Waals surface area contributed by atoms with Crippen LogP contribution in [0.4, 0.5) is 5.69 Å². The number of hydrazone groups is 1. The lowest BCUT2D eigenvalue weighted by Gasteiger charge is -2.17. The van der Waals surface area contributed by atoms with Crippen molar-refractivity contribution in [2.24, 2.45) is 5.10 Å². The number of rotatable bonds is 5. The zero-order valence-electron chi connectivity index (χ0n) is 15.9. The maximum absolute atomic E-state index is 12.5. The number of benzene rings is 3. The zero-order chi connectivity index (χ0) is 20.2. The first-order chi connectivity index (χ1) is 14.1. The molecule has 0 bridgehead atoms. The van der Waals surface area contributed by atoms with Gasteiger partial charge in [-0.25, -0.2) is 5.43 Å². The van der Waals surface area contributed by atoms with Crippen LogP contribution < -0.4 is 15.1 Å². The van der Waals surface area contributed by atoms with Crippen molar-refractivity contribution in [1.82, 2.24) is 5.43 Å². The SMILES string of the molecule is COc1cccc(/C=N/NC(=O)c2ccc3c(c2)CN(c2ccc(Br)cc2)C3)c1. The Balaban J connectivity index is 1.42. The molecule has 146 valence electrons. The molecule has 1 aliphatic rings. The number of hydrogen-bond acceptors (Lipinski definition) is 4. The Morgan fingerprint density at radius 1 is 1.07 bits per heavy atom. The molecule has 3 aromatic rings. The highest BCUT2D eigenvalue weighted by molar-refractivity contribution is 9.10. The Morgan fingerprint density at radius 2 is 1.86 bits per heavy atom. The number of methoxy groups -OCH3 is 1. The van der Waals surface area contributed by atoms with Crippen LogP contribution in [0.5, 0.6) is 5.75 Å². The van der Waals surface area contributed by atoms with Gasteiger partial charge in [0.2, 0.25) is 0 Å². The number of anilines is 1. The number of amides is 1. The van der Waals surface area contributed by atoms with E-state index in [1.807, 2.05) is 54.6 Å². The molecule has 1 heterocycles. The van der Waals surface area contributed by atoms with Crippen LogP contribution in [0.2, 0.25) is 0 Å². The number of carbonyl (C=O) groups excluding carboxylic acids is 1. The molecule has 29 heavy (non-hydrogen) atoms. The Labute approximate surface area is 178 Å². The summed E-state index contributed by atoms with van der Waals surface area (Å²) in [6.07, 6.45) is 1.60. The monoisotopic (exact) mass is 449 g/mol. The Bertz CT molecular complexity index is 1060. The number of carbonyl (C=O) groups is 1. The fraction of sp³-hybridized carbons (Fsp3) is 0.130. The second kappa shape index (κ2) is 8.49. The molecule has 0 aliphatic carbocycles. The highest BCUT2D eigenvalue weighted by Gasteiger charge is 2.20. The maximum atomic E-state index is 12.5. The van der Waals surface area contributed by atoms with Gasteiger partial charge in [-0.1, -0.05) is 34.1 Å². The van der Waals surface area contributed by atoms with Gasteiger partial charge in [-0.05, 0) is 65.2 Å². The van der Waals surface area contributed by atoms with Gasteiger partial charge < -0.3 is 9.64 Å². The van der Waals surface area contributed by atoms with E-state index in [0.717, 1.165) is 34.4 Å². The molecule has 0 unspecified atom stereocenters. The molecule has 3 aromatic carbocycles. The van der Waals surface area contributed by atoms with Gasteiger partial charge in [0.05, 0.1) is 13.3 Å². The van der Waals surface area contributed by atoms with E-state index in [4.69, 9.17) is 4.74 Å². The Kier molecular flexibility index (Phi) is 5.62. The molecule has 4 rings (SSSR count). The fourth-order valence-electron chi connectivity index (χ4n) is 3.32. The third-order valence-electron chi connectivity index (χ3n) is 4.86. The molecule has 0 radical (unpaired) electrons. The van der Waals surface area contributed by atoms with Crippen molar-refractivity contribution in [2.75, 3.05) is 12.0 Å². The first-order valence-electron chi connectivity index (χ1n) is 9.22. The van der Waals surface area contributed by atoms with Crippen molar-refractivity contribution < 1.29 is 9.53 Å². The van der Waals surface area contributed by atoms with E-state index in [1.165, 1.54) is 11.3 Å². The molecule has 0 atom stereocenters. The van der Waals surface area contributed by atoms with E-state index in [1.54, 1.807) is 13.3 Å². The molecule has 0 aromatic heterocycles. The lowest BCUT2D eigenvalue weighted by Crippen LogP contribution is -2.17. The van der Waals surface area contributed by atoms with Crippen molar-refractivity contribution in [1.29, 1.82) is 0 Å². The van der Waals surface area contributed by atoms with Crippen LogP contribution in [-0.2, 0) is 13.1 Å². The predicted molar refractivity (Wildman–Crippen MR) is 119 cm³/mol. The van der Waals surface area contributed by atoms with Crippen LogP contribution >= 0.6 is 15.9 Å². The summed E-state index contributed by atoms with van der Waals surface area (Å²) >= 11 is 3.47. The van der Waals surface area contributed by atoms with Gasteiger partial charge in [0.1, 0.15) is 5.75 Å². The van der Waals surface area contributed by atoms with Crippen LogP contribution in [0.25, 0.3) is 0 Å². The van der Waals surface area contributed by atoms with Crippen LogP contribution in [-0.4, -0.2) is 19.2 Å². The second-order valence-electron chi connectivity index (χ2n) is 6.79. The minimum atomic E-state index is -0.228. The van der Waals surface area contributed by atoms with Crippen LogP contribution in [0.1, 0.15) is 27.0 Å². The molecule has 1 amide bonds. The summed E-state index contributed by atoms with van der Waals surface area (Å²) in [7, 11) is 1.61. The summed E-state index contributed by atoms with van der Waals surface area (Å²) in [6, 6.07) is 21.6. The molecular weight excluding hydrogens is 430 g/mol. The molecule has 0 fully saturated rings. The topological polar surface area (TPSA) is 53.9 Å². The minimum Gasteiger partial charge on any atom is -0.497 e. The minimum absolute atomic E-state index is 0.228. The average molecular weight is 450 g/mol. The standard InChI is InChI=1S/C23H20BrN3O2/c1-29-22-4-2-3-16(11-22)13-25-26-23(28)17-5-6-18-14-27(15-19(18)12-17)21-9-7-20(24)8-10-21/h2-13H,14-15H2,1H3,(H,26,28)/b25-13+. The second-order valence-corrected chi connectivity index (χ2v) is 7.71. The lowest BCUT2D eigenvalue weighted by atomic mass is 10.1. The first kappa shape index (κ1) is 19.2. The van der Waals surface area contributed by atoms with Gasteiger partial charge >= 0.3 is 0 Å². The third-order valence-corrected chi connectivity index (χ3v) is 5.38. The van der Waals surface area contributed by atoms with Gasteiger partial charge in [-0.15, -0.1) is 0 Å². The summed E-state index contributed by atoms with van der Waals surface area (Å²) in [4.78, 5) is 14.8. The summed E-state index contributed by atoms with van der Waals surface area (Å²) in [5.74, 6) is 0.517. The maximum Gasteiger partial charge on any atom is 0.271 e. The molecule has 0 saturated carbocycles. The highest BCUT2D eigenvalue weighted by Crippen LogP contribution is 2.29. The Hall–Kier alpha value is -3.12. The van der Waals surface area contributed by atoms with E-state index >= 15 is 0 Å². The molecule has 0 saturated heterocycles. The largest absolute Gasteiger partial charge is 0.497 e. The fourth-order valence-corrected chi connectivity index (χ4v) is 3.59. The first-order valence-corrected chi connectivity index (χ1v) is 10.0. The number of ether oxygens (including phenoxy) is 1. The van der Waals surface area contributed by atoms with Crippen LogP contribution in [0.15, 0.2) is 76.3 Å². The normalized spacial score (nSPS) is 12.8. The van der Waals surface area contributed by atoms with Crippen molar-refractivity contribution in [3.63, 3.8) is 0 Å². The average Bonchev–Trinajstić information content (AvgIpc) is 3.17. The number of halogens is 1. The number of fused-ring (bicyclic) bond motifs is 1. The van der Waals surface area contributed by atoms with Gasteiger partial charge in [0, 0.05) is 28.8 Å². The smallest absolute Gasteiger partial charge is 0.271 e. The Morgan fingerprint density at radius 3 is 2.66 bits per heavy atom. The van der Waals surface area contributed by atoms with E-state index in [0.29, 0.717) is 5.56 Å². The van der Waals surface area contributed by atoms with E-state index in [2.05, 4.69) is 43.5 Å². The highest BCUT2D eigenvalue weighted by atomic mass is 79.9. The van der Waals surface area contributed by atoms with Crippen LogP contribution in [0, 0.1) is 0 Å². The molecule has 5 nitrogen and oxygen atoms in total. The molecule has 6 heteroatoms. The van der Waals surface area contributed by atoms with E-state index in [-0.39, 0.29) is 5.91 Å². The summed E-state index contributed by atoms with van der Waals surface area (Å²) < 4.78 is 6.25. The number of nitrogens with one attached hydrogen (secondary N) is 1. The van der Waals surface area contributed by atoms with Crippen LogP contribution in [0.3, 0.4) is 0 Å². The summed E-state index contributed by atoms with van der Waals surface area (Å²) in [5.41, 5.74) is 7.62. The third kappa shape index (κ3) is 4.49. The lowest BCUT2D eigenvalue weighted by molar-refractivity contribution is 0.0955. The van der Waals surface area contributed by atoms with Crippen molar-refractivity contribution in [2.45, 2.75) is 13.1 Å². The zero-order valence-corrected chi connectivity index (χ0v) is 17.5. The van der Waals surface area contributed by atoms with Gasteiger partial charge in [-0.3, -0.25) is 4.79 Å². The van der Waals surface area contributed by atoms with Gasteiger partial charge in [-0.2, -0.15) is 5.10 Å². The summed E-state index contributed by atoms with van der Waals surface area (Å²) in [5, 5.41) is 4.06. The molecular formula is C23H20BrN3O2. The predicted octanol–water partition coefficient (Wildman–Crippen LogP) is 4.74. The van der Waals surface area contributed by atoms with E-state index in [9.17, 15) is 4.79 Å². The molecule has 1 aliphatic heterocycles. The van der Waals surface area contributed by atoms with Gasteiger partial charge in [0.25, 0.3) is 5.91 Å². The quantitative estimate of drug-likeness (QED) is 0.451. The van der Waals surface area contributed by atoms with Crippen molar-refractivity contribution in [3.05, 3.63) is 93.5 Å². The summed E-state index contributed by atoms with van der Waals surface area (Å²) in [6.45, 7) is 1.62. The number of nitrogens with zero attached hydrogens (tertiary/aromatic N) is 2.